The lowest BCUT2D eigenvalue weighted by molar-refractivity contribution is -0.151. The number of amides is 1. The van der Waals surface area contributed by atoms with Crippen LogP contribution in [-0.4, -0.2) is 48.4 Å². The maximum absolute atomic E-state index is 12.0. The van der Waals surface area contributed by atoms with Crippen molar-refractivity contribution in [1.82, 2.24) is 4.90 Å². The monoisotopic (exact) mass is 431 g/mol. The summed E-state index contributed by atoms with van der Waals surface area (Å²) in [6.07, 6.45) is 1.52. The molecule has 0 bridgehead atoms. The summed E-state index contributed by atoms with van der Waals surface area (Å²) in [6, 6.07) is 5.00. The molecular formula is C20H27Cl2NO5. The summed E-state index contributed by atoms with van der Waals surface area (Å²) in [7, 11) is 0. The molecule has 1 aromatic carbocycles. The summed E-state index contributed by atoms with van der Waals surface area (Å²) >= 11 is 11.9. The molecule has 6 nitrogen and oxygen atoms in total. The molecule has 1 fully saturated rings. The summed E-state index contributed by atoms with van der Waals surface area (Å²) < 4.78 is 16.4. The van der Waals surface area contributed by atoms with Gasteiger partial charge >= 0.3 is 12.1 Å². The van der Waals surface area contributed by atoms with E-state index < -0.39 is 5.60 Å². The van der Waals surface area contributed by atoms with Gasteiger partial charge < -0.3 is 19.1 Å². The molecule has 8 heteroatoms. The highest BCUT2D eigenvalue weighted by molar-refractivity contribution is 6.35. The summed E-state index contributed by atoms with van der Waals surface area (Å²) in [5.74, 6) is 0.274. The first kappa shape index (κ1) is 22.6. The van der Waals surface area contributed by atoms with Crippen LogP contribution in [0.1, 0.15) is 46.5 Å². The Hall–Kier alpha value is -1.66. The fraction of sp³-hybridized carbons (Fsp3) is 0.600. The van der Waals surface area contributed by atoms with Crippen molar-refractivity contribution in [3.05, 3.63) is 28.2 Å². The Kier molecular flexibility index (Phi) is 8.25. The van der Waals surface area contributed by atoms with Crippen LogP contribution < -0.4 is 4.74 Å². The van der Waals surface area contributed by atoms with Gasteiger partial charge in [-0.1, -0.05) is 23.2 Å². The first-order chi connectivity index (χ1) is 13.1. The van der Waals surface area contributed by atoms with E-state index in [1.165, 1.54) is 0 Å². The van der Waals surface area contributed by atoms with Gasteiger partial charge in [0.15, 0.2) is 0 Å². The van der Waals surface area contributed by atoms with Gasteiger partial charge in [-0.2, -0.15) is 0 Å². The second kappa shape index (κ2) is 10.2. The Morgan fingerprint density at radius 3 is 2.46 bits per heavy atom. The highest BCUT2D eigenvalue weighted by Crippen LogP contribution is 2.27. The van der Waals surface area contributed by atoms with Gasteiger partial charge in [0.05, 0.1) is 11.6 Å². The number of esters is 1. The predicted molar refractivity (Wildman–Crippen MR) is 108 cm³/mol. The van der Waals surface area contributed by atoms with Crippen molar-refractivity contribution < 1.29 is 23.8 Å². The normalized spacial score (nSPS) is 15.2. The molecule has 0 spiro atoms. The Labute approximate surface area is 176 Å². The van der Waals surface area contributed by atoms with Crippen LogP contribution in [0.25, 0.3) is 0 Å². The summed E-state index contributed by atoms with van der Waals surface area (Å²) in [4.78, 5) is 25.7. The van der Waals surface area contributed by atoms with Crippen molar-refractivity contribution >= 4 is 35.3 Å². The average Bonchev–Trinajstić information content (AvgIpc) is 2.59. The lowest BCUT2D eigenvalue weighted by atomic mass is 10.1. The lowest BCUT2D eigenvalue weighted by Crippen LogP contribution is -2.43. The quantitative estimate of drug-likeness (QED) is 0.463. The fourth-order valence-electron chi connectivity index (χ4n) is 2.72. The van der Waals surface area contributed by atoms with Crippen LogP contribution in [-0.2, 0) is 14.3 Å². The number of halogens is 2. The second-order valence-corrected chi connectivity index (χ2v) is 8.53. The number of nitrogens with zero attached hydrogens (tertiary/aromatic N) is 1. The van der Waals surface area contributed by atoms with E-state index >= 15 is 0 Å². The molecule has 0 radical (unpaired) electrons. The lowest BCUT2D eigenvalue weighted by Gasteiger charge is -2.33. The van der Waals surface area contributed by atoms with Crippen LogP contribution >= 0.6 is 23.2 Å². The minimum Gasteiger partial charge on any atom is -0.492 e. The first-order valence-corrected chi connectivity index (χ1v) is 10.1. The van der Waals surface area contributed by atoms with Gasteiger partial charge in [-0.3, -0.25) is 4.79 Å². The third kappa shape index (κ3) is 7.76. The van der Waals surface area contributed by atoms with Gasteiger partial charge in [-0.05, 0) is 45.4 Å². The van der Waals surface area contributed by atoms with Gasteiger partial charge in [0, 0.05) is 37.4 Å². The van der Waals surface area contributed by atoms with E-state index in [1.54, 1.807) is 23.1 Å². The number of piperidine rings is 1. The van der Waals surface area contributed by atoms with Crippen LogP contribution in [0, 0.1) is 0 Å². The Balaban J connectivity index is 1.63. The molecule has 0 aromatic heterocycles. The third-order valence-electron chi connectivity index (χ3n) is 4.07. The van der Waals surface area contributed by atoms with Crippen molar-refractivity contribution in [2.75, 3.05) is 19.7 Å². The average molecular weight is 432 g/mol. The Bertz CT molecular complexity index is 682. The van der Waals surface area contributed by atoms with Crippen LogP contribution in [0.3, 0.4) is 0 Å². The minimum absolute atomic E-state index is 0.169. The topological polar surface area (TPSA) is 65.1 Å². The largest absolute Gasteiger partial charge is 0.492 e. The standard InChI is InChI=1S/C20H27Cl2NO5/c1-20(2,3)28-19(25)23-10-8-15(9-11-23)27-18(24)5-4-12-26-17-7-6-14(21)13-16(17)22/h6-7,13,15H,4-5,8-12H2,1-3H3. The van der Waals surface area contributed by atoms with Crippen molar-refractivity contribution in [3.8, 4) is 5.75 Å². The van der Waals surface area contributed by atoms with Gasteiger partial charge in [0.1, 0.15) is 17.5 Å². The number of hydrogen-bond donors (Lipinski definition) is 0. The van der Waals surface area contributed by atoms with Crippen LogP contribution in [0.4, 0.5) is 4.79 Å². The van der Waals surface area contributed by atoms with Gasteiger partial charge in [0.2, 0.25) is 0 Å². The predicted octanol–water partition coefficient (Wildman–Crippen LogP) is 5.10. The summed E-state index contributed by atoms with van der Waals surface area (Å²) in [6.45, 7) is 6.90. The van der Waals surface area contributed by atoms with E-state index in [9.17, 15) is 9.59 Å². The molecule has 28 heavy (non-hydrogen) atoms. The molecule has 1 aliphatic rings. The van der Waals surface area contributed by atoms with Crippen molar-refractivity contribution in [2.24, 2.45) is 0 Å². The van der Waals surface area contributed by atoms with Crippen LogP contribution in [0.2, 0.25) is 10.0 Å². The number of rotatable bonds is 6. The van der Waals surface area contributed by atoms with Gasteiger partial charge in [-0.15, -0.1) is 0 Å². The molecule has 1 saturated heterocycles. The highest BCUT2D eigenvalue weighted by atomic mass is 35.5. The van der Waals surface area contributed by atoms with Gasteiger partial charge in [0.25, 0.3) is 0 Å². The maximum Gasteiger partial charge on any atom is 0.410 e. The van der Waals surface area contributed by atoms with E-state index in [0.717, 1.165) is 0 Å². The number of carbonyl (C=O) groups is 2. The Morgan fingerprint density at radius 2 is 1.86 bits per heavy atom. The van der Waals surface area contributed by atoms with Crippen LogP contribution in [0.15, 0.2) is 18.2 Å². The molecular weight excluding hydrogens is 405 g/mol. The fourth-order valence-corrected chi connectivity index (χ4v) is 3.18. The molecule has 1 amide bonds. The maximum atomic E-state index is 12.0. The molecule has 1 aromatic rings. The molecule has 0 unspecified atom stereocenters. The van der Waals surface area contributed by atoms with Gasteiger partial charge in [-0.25, -0.2) is 4.79 Å². The first-order valence-electron chi connectivity index (χ1n) is 9.39. The van der Waals surface area contributed by atoms with Crippen LogP contribution in [0.5, 0.6) is 5.75 Å². The third-order valence-corrected chi connectivity index (χ3v) is 4.60. The SMILES string of the molecule is CC(C)(C)OC(=O)N1CCC(OC(=O)CCCOc2ccc(Cl)cc2Cl)CC1. The van der Waals surface area contributed by atoms with E-state index in [4.69, 9.17) is 37.4 Å². The summed E-state index contributed by atoms with van der Waals surface area (Å²) in [5.41, 5.74) is -0.515. The number of benzene rings is 1. The molecule has 1 heterocycles. The molecule has 1 aliphatic heterocycles. The zero-order valence-corrected chi connectivity index (χ0v) is 18.0. The zero-order valence-electron chi connectivity index (χ0n) is 16.5. The van der Waals surface area contributed by atoms with E-state index in [-0.39, 0.29) is 24.6 Å². The number of hydrogen-bond acceptors (Lipinski definition) is 5. The van der Waals surface area contributed by atoms with Crippen molar-refractivity contribution in [2.45, 2.75) is 58.2 Å². The highest BCUT2D eigenvalue weighted by Gasteiger charge is 2.28. The van der Waals surface area contributed by atoms with Crippen molar-refractivity contribution in [3.63, 3.8) is 0 Å². The second-order valence-electron chi connectivity index (χ2n) is 7.68. The van der Waals surface area contributed by atoms with Crippen molar-refractivity contribution in [1.29, 1.82) is 0 Å². The Morgan fingerprint density at radius 1 is 1.18 bits per heavy atom. The number of likely N-dealkylation sites (tertiary alicyclic amines) is 1. The molecule has 2 rings (SSSR count). The molecule has 0 aliphatic carbocycles. The van der Waals surface area contributed by atoms with E-state index in [0.29, 0.717) is 54.8 Å². The minimum atomic E-state index is -0.515. The number of ether oxygens (including phenoxy) is 3. The molecule has 0 N–H and O–H groups in total. The summed E-state index contributed by atoms with van der Waals surface area (Å²) in [5, 5.41) is 0.977. The molecule has 0 atom stereocenters. The molecule has 156 valence electrons. The smallest absolute Gasteiger partial charge is 0.410 e. The molecule has 0 saturated carbocycles. The van der Waals surface area contributed by atoms with E-state index in [1.807, 2.05) is 20.8 Å². The number of carbonyl (C=O) groups excluding carboxylic acids is 2. The zero-order chi connectivity index (χ0) is 20.7. The van der Waals surface area contributed by atoms with E-state index in [2.05, 4.69) is 0 Å².